The van der Waals surface area contributed by atoms with Gasteiger partial charge in [-0.2, -0.15) is 0 Å². The number of carbonyl (C=O) groups is 1. The summed E-state index contributed by atoms with van der Waals surface area (Å²) < 4.78 is 1.85. The van der Waals surface area contributed by atoms with Crippen LogP contribution >= 0.6 is 15.9 Å². The monoisotopic (exact) mass is 238 g/mol. The number of hydrogen-bond acceptors (Lipinski definition) is 1. The van der Waals surface area contributed by atoms with E-state index in [0.717, 1.165) is 15.2 Å². The first kappa shape index (κ1) is 6.27. The van der Waals surface area contributed by atoms with Gasteiger partial charge < -0.3 is 0 Å². The van der Waals surface area contributed by atoms with Crippen molar-refractivity contribution >= 4 is 36.7 Å². The maximum atomic E-state index is 10.1. The van der Waals surface area contributed by atoms with Crippen LogP contribution in [0.15, 0.2) is 15.5 Å². The van der Waals surface area contributed by atoms with Crippen molar-refractivity contribution in [1.82, 2.24) is 0 Å². The molecule has 0 aromatic carbocycles. The molecule has 0 aliphatic carbocycles. The van der Waals surface area contributed by atoms with E-state index in [4.69, 9.17) is 0 Å². The molecule has 0 saturated heterocycles. The van der Waals surface area contributed by atoms with Gasteiger partial charge in [0.2, 0.25) is 0 Å². The minimum atomic E-state index is 0.292. The van der Waals surface area contributed by atoms with Gasteiger partial charge >= 0.3 is 61.4 Å². The van der Waals surface area contributed by atoms with Crippen molar-refractivity contribution in [2.75, 3.05) is 0 Å². The van der Waals surface area contributed by atoms with Gasteiger partial charge in [-0.3, -0.25) is 0 Å². The fourth-order valence-electron chi connectivity index (χ4n) is 0.390. The Bertz CT molecular complexity index is 194. The fraction of sp³-hybridized carbons (Fsp3) is 0. The Morgan fingerprint density at radius 1 is 1.75 bits per heavy atom. The molecule has 1 aromatic rings. The second-order valence-electron chi connectivity index (χ2n) is 1.25. The summed E-state index contributed by atoms with van der Waals surface area (Å²) in [5.74, 6) is 0. The second kappa shape index (κ2) is 2.62. The van der Waals surface area contributed by atoms with Crippen molar-refractivity contribution in [3.63, 3.8) is 0 Å². The number of rotatable bonds is 1. The summed E-state index contributed by atoms with van der Waals surface area (Å²) >= 11 is 3.53. The Balaban J connectivity index is 3.09. The van der Waals surface area contributed by atoms with Gasteiger partial charge in [0.15, 0.2) is 0 Å². The molecule has 1 nitrogen and oxygen atoms in total. The van der Waals surface area contributed by atoms with Crippen molar-refractivity contribution in [3.8, 4) is 0 Å². The van der Waals surface area contributed by atoms with Crippen LogP contribution in [-0.4, -0.2) is 20.8 Å². The van der Waals surface area contributed by atoms with Crippen molar-refractivity contribution in [3.05, 3.63) is 19.9 Å². The zero-order chi connectivity index (χ0) is 5.98. The fourth-order valence-corrected chi connectivity index (χ4v) is 2.73. The second-order valence-corrected chi connectivity index (χ2v) is 4.09. The van der Waals surface area contributed by atoms with Crippen molar-refractivity contribution in [2.45, 2.75) is 0 Å². The maximum absolute atomic E-state index is 10.1. The molecule has 0 saturated carbocycles. The molecule has 8 heavy (non-hydrogen) atoms. The van der Waals surface area contributed by atoms with Gasteiger partial charge in [0.1, 0.15) is 0 Å². The summed E-state index contributed by atoms with van der Waals surface area (Å²) in [6.45, 7) is 0. The summed E-state index contributed by atoms with van der Waals surface area (Å²) in [5.41, 5.74) is 0. The van der Waals surface area contributed by atoms with E-state index in [1.54, 1.807) is 0 Å². The third-order valence-corrected chi connectivity index (χ3v) is 3.80. The molecule has 3 heteroatoms. The summed E-state index contributed by atoms with van der Waals surface area (Å²) in [6.07, 6.45) is 0.907. The summed E-state index contributed by atoms with van der Waals surface area (Å²) in [4.78, 5) is 12.1. The number of halogens is 1. The Labute approximate surface area is 61.6 Å². The van der Waals surface area contributed by atoms with Crippen LogP contribution in [0.1, 0.15) is 9.23 Å². The van der Waals surface area contributed by atoms with Gasteiger partial charge in [0.25, 0.3) is 0 Å². The van der Waals surface area contributed by atoms with E-state index in [-0.39, 0.29) is 0 Å². The molecule has 0 fully saturated rings. The molecule has 0 amide bonds. The molecule has 0 aliphatic heterocycles. The molecular formula is C5H3BrOSe. The van der Waals surface area contributed by atoms with Crippen LogP contribution in [0.4, 0.5) is 0 Å². The molecule has 0 spiro atoms. The van der Waals surface area contributed by atoms with E-state index in [1.807, 2.05) is 11.0 Å². The van der Waals surface area contributed by atoms with Gasteiger partial charge in [0.05, 0.1) is 0 Å². The van der Waals surface area contributed by atoms with E-state index in [2.05, 4.69) is 15.9 Å². The van der Waals surface area contributed by atoms with E-state index < -0.39 is 0 Å². The van der Waals surface area contributed by atoms with E-state index in [9.17, 15) is 4.79 Å². The Hall–Kier alpha value is 0.149. The van der Waals surface area contributed by atoms with Crippen LogP contribution in [0.3, 0.4) is 0 Å². The van der Waals surface area contributed by atoms with Crippen molar-refractivity contribution in [2.24, 2.45) is 0 Å². The van der Waals surface area contributed by atoms with Gasteiger partial charge in [-0.25, -0.2) is 0 Å². The topological polar surface area (TPSA) is 17.1 Å². The molecule has 0 radical (unpaired) electrons. The van der Waals surface area contributed by atoms with Crippen LogP contribution in [-0.2, 0) is 0 Å². The summed E-state index contributed by atoms with van der Waals surface area (Å²) in [7, 11) is 0. The van der Waals surface area contributed by atoms with E-state index in [0.29, 0.717) is 14.5 Å². The van der Waals surface area contributed by atoms with E-state index in [1.165, 1.54) is 0 Å². The SMILES string of the molecule is O=Cc1[se]ccc1Br. The van der Waals surface area contributed by atoms with Crippen LogP contribution in [0.2, 0.25) is 0 Å². The zero-order valence-electron chi connectivity index (χ0n) is 3.93. The summed E-state index contributed by atoms with van der Waals surface area (Å²) in [6, 6.07) is 1.92. The Morgan fingerprint density at radius 3 is 2.75 bits per heavy atom. The predicted molar refractivity (Wildman–Crippen MR) is 36.5 cm³/mol. The van der Waals surface area contributed by atoms with Crippen LogP contribution in [0.5, 0.6) is 0 Å². The molecule has 1 rings (SSSR count). The number of carbonyl (C=O) groups excluding carboxylic acids is 1. The molecule has 1 heterocycles. The Morgan fingerprint density at radius 2 is 2.50 bits per heavy atom. The van der Waals surface area contributed by atoms with Gasteiger partial charge in [0, 0.05) is 0 Å². The number of aldehydes is 1. The first-order valence-corrected chi connectivity index (χ1v) is 4.66. The average Bonchev–Trinajstić information content (AvgIpc) is 2.14. The molecule has 0 N–H and O–H groups in total. The molecule has 0 atom stereocenters. The van der Waals surface area contributed by atoms with Gasteiger partial charge in [-0.15, -0.1) is 0 Å². The predicted octanol–water partition coefficient (Wildman–Crippen LogP) is 1.32. The molecule has 0 bridgehead atoms. The van der Waals surface area contributed by atoms with Crippen LogP contribution in [0, 0.1) is 0 Å². The van der Waals surface area contributed by atoms with Crippen molar-refractivity contribution < 1.29 is 4.79 Å². The standard InChI is InChI=1S/C5H3BrOSe/c6-4-1-2-8-5(4)3-7/h1-3H. The number of hydrogen-bond donors (Lipinski definition) is 0. The third-order valence-electron chi connectivity index (χ3n) is 0.752. The molecular weight excluding hydrogens is 235 g/mol. The quantitative estimate of drug-likeness (QED) is 0.532. The average molecular weight is 238 g/mol. The molecule has 0 aliphatic rings. The Kier molecular flexibility index (Phi) is 2.06. The first-order chi connectivity index (χ1) is 3.84. The molecule has 0 unspecified atom stereocenters. The minimum absolute atomic E-state index is 0.292. The van der Waals surface area contributed by atoms with Gasteiger partial charge in [-0.1, -0.05) is 0 Å². The van der Waals surface area contributed by atoms with Gasteiger partial charge in [-0.05, 0) is 0 Å². The van der Waals surface area contributed by atoms with Crippen LogP contribution in [0.25, 0.3) is 0 Å². The summed E-state index contributed by atoms with van der Waals surface area (Å²) in [5, 5.41) is 0. The zero-order valence-corrected chi connectivity index (χ0v) is 7.23. The molecule has 1 aromatic heterocycles. The third kappa shape index (κ3) is 1.10. The normalized spacial score (nSPS) is 9.12. The van der Waals surface area contributed by atoms with E-state index >= 15 is 0 Å². The van der Waals surface area contributed by atoms with Crippen LogP contribution < -0.4 is 0 Å². The first-order valence-electron chi connectivity index (χ1n) is 2.03. The molecule has 42 valence electrons. The van der Waals surface area contributed by atoms with Crippen molar-refractivity contribution in [1.29, 1.82) is 0 Å².